The SMILES string of the molecule is COc1ccc(CCNC(=O)C2CC(=O)N(c3cccc(OC)c3)C2)cc1. The number of carbonyl (C=O) groups excluding carboxylic acids is 2. The van der Waals surface area contributed by atoms with E-state index in [0.717, 1.165) is 23.4 Å². The number of hydrogen-bond acceptors (Lipinski definition) is 4. The first-order chi connectivity index (χ1) is 13.1. The molecule has 0 aromatic heterocycles. The van der Waals surface area contributed by atoms with Gasteiger partial charge >= 0.3 is 0 Å². The van der Waals surface area contributed by atoms with Crippen molar-refractivity contribution in [1.29, 1.82) is 0 Å². The predicted molar refractivity (Wildman–Crippen MR) is 103 cm³/mol. The second kappa shape index (κ2) is 8.58. The number of benzene rings is 2. The molecule has 1 unspecified atom stereocenters. The van der Waals surface area contributed by atoms with E-state index in [1.54, 1.807) is 19.1 Å². The zero-order chi connectivity index (χ0) is 19.2. The number of methoxy groups -OCH3 is 2. The Morgan fingerprint density at radius 1 is 1.11 bits per heavy atom. The maximum atomic E-state index is 12.4. The van der Waals surface area contributed by atoms with Crippen LogP contribution < -0.4 is 19.7 Å². The zero-order valence-electron chi connectivity index (χ0n) is 15.6. The number of ether oxygens (including phenoxy) is 2. The molecule has 2 aromatic rings. The Kier molecular flexibility index (Phi) is 5.96. The second-order valence-corrected chi connectivity index (χ2v) is 6.50. The van der Waals surface area contributed by atoms with E-state index in [-0.39, 0.29) is 24.2 Å². The van der Waals surface area contributed by atoms with Crippen molar-refractivity contribution in [1.82, 2.24) is 5.32 Å². The number of rotatable bonds is 7. The Labute approximate surface area is 159 Å². The van der Waals surface area contributed by atoms with E-state index >= 15 is 0 Å². The van der Waals surface area contributed by atoms with E-state index in [2.05, 4.69) is 5.32 Å². The van der Waals surface area contributed by atoms with E-state index in [1.165, 1.54) is 0 Å². The highest BCUT2D eigenvalue weighted by molar-refractivity contribution is 6.00. The average molecular weight is 368 g/mol. The van der Waals surface area contributed by atoms with Gasteiger partial charge in [-0.1, -0.05) is 18.2 Å². The lowest BCUT2D eigenvalue weighted by atomic mass is 10.1. The minimum absolute atomic E-state index is 0.0430. The molecule has 0 aliphatic carbocycles. The molecule has 0 spiro atoms. The van der Waals surface area contributed by atoms with Gasteiger partial charge in [0, 0.05) is 31.3 Å². The Morgan fingerprint density at radius 3 is 2.56 bits per heavy atom. The first kappa shape index (κ1) is 18.8. The van der Waals surface area contributed by atoms with Crippen molar-refractivity contribution in [2.45, 2.75) is 12.8 Å². The maximum absolute atomic E-state index is 12.4. The fraction of sp³-hybridized carbons (Fsp3) is 0.333. The van der Waals surface area contributed by atoms with Crippen LogP contribution in [0.1, 0.15) is 12.0 Å². The summed E-state index contributed by atoms with van der Waals surface area (Å²) >= 11 is 0. The lowest BCUT2D eigenvalue weighted by Crippen LogP contribution is -2.34. The minimum atomic E-state index is -0.334. The topological polar surface area (TPSA) is 67.9 Å². The summed E-state index contributed by atoms with van der Waals surface area (Å²) in [6.45, 7) is 0.926. The largest absolute Gasteiger partial charge is 0.497 e. The van der Waals surface area contributed by atoms with Crippen LogP contribution in [0, 0.1) is 5.92 Å². The van der Waals surface area contributed by atoms with Crippen molar-refractivity contribution in [3.8, 4) is 11.5 Å². The van der Waals surface area contributed by atoms with Crippen LogP contribution in [0.4, 0.5) is 5.69 Å². The van der Waals surface area contributed by atoms with Crippen molar-refractivity contribution in [2.24, 2.45) is 5.92 Å². The number of hydrogen-bond donors (Lipinski definition) is 1. The van der Waals surface area contributed by atoms with Crippen LogP contribution in [0.3, 0.4) is 0 Å². The second-order valence-electron chi connectivity index (χ2n) is 6.50. The molecule has 6 nitrogen and oxygen atoms in total. The van der Waals surface area contributed by atoms with Crippen LogP contribution in [0.15, 0.2) is 48.5 Å². The van der Waals surface area contributed by atoms with Crippen LogP contribution in [-0.4, -0.2) is 39.1 Å². The number of carbonyl (C=O) groups is 2. The molecule has 1 aliphatic rings. The zero-order valence-corrected chi connectivity index (χ0v) is 15.6. The number of nitrogens with zero attached hydrogens (tertiary/aromatic N) is 1. The molecule has 3 rings (SSSR count). The van der Waals surface area contributed by atoms with Gasteiger partial charge in [-0.15, -0.1) is 0 Å². The maximum Gasteiger partial charge on any atom is 0.227 e. The molecule has 0 bridgehead atoms. The minimum Gasteiger partial charge on any atom is -0.497 e. The standard InChI is InChI=1S/C21H24N2O4/c1-26-18-8-6-15(7-9-18)10-11-22-21(25)16-12-20(24)23(14-16)17-4-3-5-19(13-17)27-2/h3-9,13,16H,10-12,14H2,1-2H3,(H,22,25). The van der Waals surface area contributed by atoms with E-state index in [9.17, 15) is 9.59 Å². The molecular formula is C21H24N2O4. The Morgan fingerprint density at radius 2 is 1.85 bits per heavy atom. The summed E-state index contributed by atoms with van der Waals surface area (Å²) in [5, 5.41) is 2.94. The molecular weight excluding hydrogens is 344 g/mol. The van der Waals surface area contributed by atoms with Gasteiger partial charge in [0.15, 0.2) is 0 Å². The lowest BCUT2D eigenvalue weighted by Gasteiger charge is -2.17. The Hall–Kier alpha value is -3.02. The third-order valence-electron chi connectivity index (χ3n) is 4.73. The van der Waals surface area contributed by atoms with E-state index in [0.29, 0.717) is 18.8 Å². The van der Waals surface area contributed by atoms with Crippen LogP contribution in [0.25, 0.3) is 0 Å². The molecule has 27 heavy (non-hydrogen) atoms. The molecule has 2 aromatic carbocycles. The van der Waals surface area contributed by atoms with Crippen molar-refractivity contribution >= 4 is 17.5 Å². The third kappa shape index (κ3) is 4.58. The highest BCUT2D eigenvalue weighted by atomic mass is 16.5. The van der Waals surface area contributed by atoms with Crippen LogP contribution in [0.5, 0.6) is 11.5 Å². The molecule has 0 saturated carbocycles. The van der Waals surface area contributed by atoms with Crippen molar-refractivity contribution in [3.05, 3.63) is 54.1 Å². The molecule has 1 fully saturated rings. The molecule has 1 atom stereocenters. The summed E-state index contributed by atoms with van der Waals surface area (Å²) in [6.07, 6.45) is 0.960. The van der Waals surface area contributed by atoms with Gasteiger partial charge in [-0.25, -0.2) is 0 Å². The van der Waals surface area contributed by atoms with Gasteiger partial charge in [-0.05, 0) is 36.2 Å². The number of anilines is 1. The van der Waals surface area contributed by atoms with Gasteiger partial charge in [0.25, 0.3) is 0 Å². The molecule has 1 saturated heterocycles. The Balaban J connectivity index is 1.52. The van der Waals surface area contributed by atoms with Crippen LogP contribution in [-0.2, 0) is 16.0 Å². The van der Waals surface area contributed by atoms with Gasteiger partial charge in [0.1, 0.15) is 11.5 Å². The molecule has 1 N–H and O–H groups in total. The lowest BCUT2D eigenvalue weighted by molar-refractivity contribution is -0.126. The number of amides is 2. The molecule has 142 valence electrons. The Bertz CT molecular complexity index is 804. The van der Waals surface area contributed by atoms with E-state index in [4.69, 9.17) is 9.47 Å². The quantitative estimate of drug-likeness (QED) is 0.815. The smallest absolute Gasteiger partial charge is 0.227 e. The summed E-state index contributed by atoms with van der Waals surface area (Å²) < 4.78 is 10.3. The first-order valence-corrected chi connectivity index (χ1v) is 8.96. The van der Waals surface area contributed by atoms with Gasteiger partial charge in [-0.2, -0.15) is 0 Å². The van der Waals surface area contributed by atoms with Crippen molar-refractivity contribution in [2.75, 3.05) is 32.2 Å². The molecule has 2 amide bonds. The average Bonchev–Trinajstić information content (AvgIpc) is 3.10. The summed E-state index contributed by atoms with van der Waals surface area (Å²) in [6, 6.07) is 15.1. The summed E-state index contributed by atoms with van der Waals surface area (Å²) in [5.74, 6) is 1.04. The molecule has 1 heterocycles. The predicted octanol–water partition coefficient (Wildman–Crippen LogP) is 2.42. The fourth-order valence-corrected chi connectivity index (χ4v) is 3.18. The van der Waals surface area contributed by atoms with Crippen LogP contribution >= 0.6 is 0 Å². The van der Waals surface area contributed by atoms with Crippen molar-refractivity contribution in [3.63, 3.8) is 0 Å². The first-order valence-electron chi connectivity index (χ1n) is 8.96. The monoisotopic (exact) mass is 368 g/mol. The third-order valence-corrected chi connectivity index (χ3v) is 4.73. The fourth-order valence-electron chi connectivity index (χ4n) is 3.18. The van der Waals surface area contributed by atoms with Gasteiger partial charge in [0.05, 0.1) is 20.1 Å². The molecule has 1 aliphatic heterocycles. The summed E-state index contributed by atoms with van der Waals surface area (Å²) in [4.78, 5) is 26.4. The summed E-state index contributed by atoms with van der Waals surface area (Å²) in [7, 11) is 3.22. The van der Waals surface area contributed by atoms with Gasteiger partial charge < -0.3 is 19.7 Å². The van der Waals surface area contributed by atoms with Gasteiger partial charge in [-0.3, -0.25) is 9.59 Å². The highest BCUT2D eigenvalue weighted by Gasteiger charge is 2.35. The van der Waals surface area contributed by atoms with E-state index < -0.39 is 0 Å². The van der Waals surface area contributed by atoms with E-state index in [1.807, 2.05) is 48.5 Å². The van der Waals surface area contributed by atoms with Gasteiger partial charge in [0.2, 0.25) is 11.8 Å². The van der Waals surface area contributed by atoms with Crippen LogP contribution in [0.2, 0.25) is 0 Å². The number of nitrogens with one attached hydrogen (secondary N) is 1. The summed E-state index contributed by atoms with van der Waals surface area (Å²) in [5.41, 5.74) is 1.88. The highest BCUT2D eigenvalue weighted by Crippen LogP contribution is 2.27. The normalized spacial score (nSPS) is 16.3. The van der Waals surface area contributed by atoms with Crippen molar-refractivity contribution < 1.29 is 19.1 Å². The molecule has 0 radical (unpaired) electrons. The molecule has 6 heteroatoms.